The van der Waals surface area contributed by atoms with Crippen molar-refractivity contribution < 1.29 is 9.53 Å². The van der Waals surface area contributed by atoms with Gasteiger partial charge >= 0.3 is 0 Å². The van der Waals surface area contributed by atoms with Crippen LogP contribution in [-0.2, 0) is 10.2 Å². The van der Waals surface area contributed by atoms with Crippen LogP contribution in [0, 0.1) is 18.3 Å². The molecule has 0 aromatic heterocycles. The average Bonchev–Trinajstić information content (AvgIpc) is 2.68. The van der Waals surface area contributed by atoms with Gasteiger partial charge in [-0.2, -0.15) is 5.26 Å². The van der Waals surface area contributed by atoms with E-state index in [1.54, 1.807) is 4.90 Å². The summed E-state index contributed by atoms with van der Waals surface area (Å²) in [6, 6.07) is 20.0. The molecule has 0 N–H and O–H groups in total. The van der Waals surface area contributed by atoms with E-state index in [9.17, 15) is 10.1 Å². The van der Waals surface area contributed by atoms with Gasteiger partial charge in [-0.1, -0.05) is 48.5 Å². The molecule has 1 aliphatic rings. The van der Waals surface area contributed by atoms with Crippen molar-refractivity contribution in [3.8, 4) is 11.8 Å². The van der Waals surface area contributed by atoms with Gasteiger partial charge in [0.2, 0.25) is 0 Å². The van der Waals surface area contributed by atoms with Gasteiger partial charge in [0.25, 0.3) is 5.91 Å². The van der Waals surface area contributed by atoms with Gasteiger partial charge in [0.15, 0.2) is 6.61 Å². The van der Waals surface area contributed by atoms with Crippen molar-refractivity contribution >= 4 is 5.91 Å². The molecule has 25 heavy (non-hydrogen) atoms. The zero-order valence-corrected chi connectivity index (χ0v) is 14.4. The Morgan fingerprint density at radius 3 is 2.40 bits per heavy atom. The van der Waals surface area contributed by atoms with Gasteiger partial charge in [-0.05, 0) is 37.0 Å². The maximum atomic E-state index is 12.4. The lowest BCUT2D eigenvalue weighted by molar-refractivity contribution is -0.134. The summed E-state index contributed by atoms with van der Waals surface area (Å²) in [5, 5.41) is 9.72. The lowest BCUT2D eigenvalue weighted by Crippen LogP contribution is -2.46. The fourth-order valence-electron chi connectivity index (χ4n) is 3.31. The minimum atomic E-state index is -0.491. The van der Waals surface area contributed by atoms with Gasteiger partial charge in [0, 0.05) is 13.1 Å². The number of rotatable bonds is 4. The molecule has 2 aromatic carbocycles. The Balaban J connectivity index is 1.59. The van der Waals surface area contributed by atoms with E-state index in [0.29, 0.717) is 25.9 Å². The highest BCUT2D eigenvalue weighted by molar-refractivity contribution is 5.78. The lowest BCUT2D eigenvalue weighted by atomic mass is 9.74. The van der Waals surface area contributed by atoms with E-state index >= 15 is 0 Å². The van der Waals surface area contributed by atoms with Crippen molar-refractivity contribution in [3.63, 3.8) is 0 Å². The number of nitrogens with zero attached hydrogens (tertiary/aromatic N) is 2. The third kappa shape index (κ3) is 3.66. The summed E-state index contributed by atoms with van der Waals surface area (Å²) in [6.07, 6.45) is 1.31. The number of amides is 1. The summed E-state index contributed by atoms with van der Waals surface area (Å²) in [5.74, 6) is 0.714. The Labute approximate surface area is 148 Å². The van der Waals surface area contributed by atoms with Crippen molar-refractivity contribution in [3.05, 3.63) is 65.7 Å². The largest absolute Gasteiger partial charge is 0.484 e. The zero-order chi connectivity index (χ0) is 17.7. The van der Waals surface area contributed by atoms with E-state index in [0.717, 1.165) is 16.9 Å². The predicted molar refractivity (Wildman–Crippen MR) is 96.2 cm³/mol. The third-order valence-electron chi connectivity index (χ3n) is 4.95. The summed E-state index contributed by atoms with van der Waals surface area (Å²) in [5.41, 5.74) is 1.57. The Morgan fingerprint density at radius 1 is 1.12 bits per heavy atom. The molecule has 0 aliphatic carbocycles. The van der Waals surface area contributed by atoms with Gasteiger partial charge in [0.05, 0.1) is 11.5 Å². The second-order valence-corrected chi connectivity index (χ2v) is 6.49. The molecule has 128 valence electrons. The van der Waals surface area contributed by atoms with Crippen LogP contribution in [0.2, 0.25) is 0 Å². The van der Waals surface area contributed by atoms with Crippen molar-refractivity contribution in [1.29, 1.82) is 5.26 Å². The van der Waals surface area contributed by atoms with E-state index in [-0.39, 0.29) is 12.5 Å². The Morgan fingerprint density at radius 2 is 1.76 bits per heavy atom. The highest BCUT2D eigenvalue weighted by Gasteiger charge is 2.37. The number of para-hydroxylation sites is 1. The first kappa shape index (κ1) is 17.0. The van der Waals surface area contributed by atoms with Crippen LogP contribution in [0.15, 0.2) is 54.6 Å². The average molecular weight is 334 g/mol. The number of likely N-dealkylation sites (tertiary alicyclic amines) is 1. The van der Waals surface area contributed by atoms with Crippen LogP contribution in [0.1, 0.15) is 24.0 Å². The predicted octanol–water partition coefficient (Wildman–Crippen LogP) is 3.46. The van der Waals surface area contributed by atoms with E-state index in [4.69, 9.17) is 4.74 Å². The highest BCUT2D eigenvalue weighted by Crippen LogP contribution is 2.34. The molecule has 1 fully saturated rings. The molecule has 2 aromatic rings. The molecule has 4 heteroatoms. The molecular formula is C21H22N2O2. The van der Waals surface area contributed by atoms with Crippen LogP contribution >= 0.6 is 0 Å². The molecule has 0 radical (unpaired) electrons. The van der Waals surface area contributed by atoms with Crippen molar-refractivity contribution in [2.75, 3.05) is 19.7 Å². The van der Waals surface area contributed by atoms with E-state index < -0.39 is 5.41 Å². The monoisotopic (exact) mass is 334 g/mol. The molecule has 0 atom stereocenters. The summed E-state index contributed by atoms with van der Waals surface area (Å²) in [6.45, 7) is 3.16. The van der Waals surface area contributed by atoms with Crippen molar-refractivity contribution in [2.45, 2.75) is 25.2 Å². The summed E-state index contributed by atoms with van der Waals surface area (Å²) >= 11 is 0. The molecule has 0 unspecified atom stereocenters. The van der Waals surface area contributed by atoms with Gasteiger partial charge in [-0.25, -0.2) is 0 Å². The SMILES string of the molecule is Cc1ccccc1OCC(=O)N1CCC(C#N)(c2ccccc2)CC1. The number of piperidine rings is 1. The maximum Gasteiger partial charge on any atom is 0.260 e. The zero-order valence-electron chi connectivity index (χ0n) is 14.4. The molecule has 1 amide bonds. The third-order valence-corrected chi connectivity index (χ3v) is 4.95. The van der Waals surface area contributed by atoms with Crippen LogP contribution in [0.25, 0.3) is 0 Å². The number of hydrogen-bond acceptors (Lipinski definition) is 3. The first-order chi connectivity index (χ1) is 12.1. The van der Waals surface area contributed by atoms with Crippen LogP contribution in [0.5, 0.6) is 5.75 Å². The first-order valence-corrected chi connectivity index (χ1v) is 8.58. The standard InChI is InChI=1S/C21H22N2O2/c1-17-7-5-6-10-19(17)25-15-20(24)23-13-11-21(16-22,12-14-23)18-8-3-2-4-9-18/h2-10H,11-15H2,1H3. The van der Waals surface area contributed by atoms with Gasteiger partial charge in [-0.15, -0.1) is 0 Å². The van der Waals surface area contributed by atoms with Crippen molar-refractivity contribution in [1.82, 2.24) is 4.90 Å². The van der Waals surface area contributed by atoms with E-state index in [1.807, 2.05) is 61.5 Å². The lowest BCUT2D eigenvalue weighted by Gasteiger charge is -2.37. The molecule has 4 nitrogen and oxygen atoms in total. The van der Waals surface area contributed by atoms with E-state index in [2.05, 4.69) is 6.07 Å². The summed E-state index contributed by atoms with van der Waals surface area (Å²) < 4.78 is 5.66. The maximum absolute atomic E-state index is 12.4. The van der Waals surface area contributed by atoms with Crippen LogP contribution in [0.3, 0.4) is 0 Å². The number of carbonyl (C=O) groups is 1. The normalized spacial score (nSPS) is 16.1. The number of nitriles is 1. The van der Waals surface area contributed by atoms with Crippen molar-refractivity contribution in [2.24, 2.45) is 0 Å². The highest BCUT2D eigenvalue weighted by atomic mass is 16.5. The summed E-state index contributed by atoms with van der Waals surface area (Å²) in [4.78, 5) is 14.2. The molecule has 0 saturated carbocycles. The van der Waals surface area contributed by atoms with Crippen LogP contribution in [0.4, 0.5) is 0 Å². The first-order valence-electron chi connectivity index (χ1n) is 8.58. The molecular weight excluding hydrogens is 312 g/mol. The number of benzene rings is 2. The number of ether oxygens (including phenoxy) is 1. The Bertz CT molecular complexity index is 772. The van der Waals surface area contributed by atoms with Crippen LogP contribution < -0.4 is 4.74 Å². The smallest absolute Gasteiger partial charge is 0.260 e. The quantitative estimate of drug-likeness (QED) is 0.860. The van der Waals surface area contributed by atoms with Gasteiger partial charge in [0.1, 0.15) is 5.75 Å². The topological polar surface area (TPSA) is 53.3 Å². The van der Waals surface area contributed by atoms with E-state index in [1.165, 1.54) is 0 Å². The second-order valence-electron chi connectivity index (χ2n) is 6.49. The van der Waals surface area contributed by atoms with Crippen LogP contribution in [-0.4, -0.2) is 30.5 Å². The number of hydrogen-bond donors (Lipinski definition) is 0. The van der Waals surface area contributed by atoms with Gasteiger partial charge < -0.3 is 9.64 Å². The fourth-order valence-corrected chi connectivity index (χ4v) is 3.31. The minimum Gasteiger partial charge on any atom is -0.484 e. The second kappa shape index (κ2) is 7.40. The summed E-state index contributed by atoms with van der Waals surface area (Å²) in [7, 11) is 0. The molecule has 1 saturated heterocycles. The Kier molecular flexibility index (Phi) is 5.04. The molecule has 0 spiro atoms. The Hall–Kier alpha value is -2.80. The molecule has 1 heterocycles. The molecule has 3 rings (SSSR count). The minimum absolute atomic E-state index is 0.0251. The van der Waals surface area contributed by atoms with Gasteiger partial charge in [-0.3, -0.25) is 4.79 Å². The number of aryl methyl sites for hydroxylation is 1. The molecule has 0 bridgehead atoms. The molecule has 1 aliphatic heterocycles. The fraction of sp³-hybridized carbons (Fsp3) is 0.333. The number of carbonyl (C=O) groups excluding carboxylic acids is 1.